The summed E-state index contributed by atoms with van der Waals surface area (Å²) in [6.45, 7) is 2.98. The van der Waals surface area contributed by atoms with Gasteiger partial charge < -0.3 is 14.0 Å². The molecule has 4 nitrogen and oxygen atoms in total. The van der Waals surface area contributed by atoms with Crippen molar-refractivity contribution in [3.8, 4) is 0 Å². The number of piperidine rings is 2. The van der Waals surface area contributed by atoms with Crippen molar-refractivity contribution in [3.05, 3.63) is 108 Å². The Morgan fingerprint density at radius 2 is 1.42 bits per heavy atom. The SMILES string of the molecule is O=C(OC1CC2C13CCC3[N+]21CCCC1)C(OCc1ccccc1)(c1ccccc1)c1ccccc1. The Bertz CT molecular complexity index is 1190. The molecule has 3 aromatic rings. The van der Waals surface area contributed by atoms with Crippen LogP contribution in [0.4, 0.5) is 0 Å². The number of fused-ring (bicyclic) bond motifs is 2. The van der Waals surface area contributed by atoms with E-state index < -0.39 is 5.60 Å². The van der Waals surface area contributed by atoms with E-state index in [9.17, 15) is 4.79 Å². The van der Waals surface area contributed by atoms with Gasteiger partial charge in [0.05, 0.1) is 19.7 Å². The second kappa shape index (κ2) is 8.29. The van der Waals surface area contributed by atoms with Crippen LogP contribution in [0, 0.1) is 5.41 Å². The van der Waals surface area contributed by atoms with Crippen LogP contribution in [0.25, 0.3) is 0 Å². The second-order valence-corrected chi connectivity index (χ2v) is 11.3. The molecule has 7 rings (SSSR count). The van der Waals surface area contributed by atoms with Gasteiger partial charge in [0, 0.05) is 25.7 Å². The lowest BCUT2D eigenvalue weighted by atomic mass is 9.39. The molecule has 2 aliphatic carbocycles. The zero-order valence-corrected chi connectivity index (χ0v) is 20.7. The number of hydrogen-bond acceptors (Lipinski definition) is 3. The third-order valence-electron chi connectivity index (χ3n) is 9.96. The maximum atomic E-state index is 14.4. The van der Waals surface area contributed by atoms with Crippen LogP contribution in [0.3, 0.4) is 0 Å². The summed E-state index contributed by atoms with van der Waals surface area (Å²) in [6, 6.07) is 31.3. The summed E-state index contributed by atoms with van der Waals surface area (Å²) in [5.74, 6) is -0.279. The molecular formula is C32H34NO3+. The van der Waals surface area contributed by atoms with Gasteiger partial charge in [-0.15, -0.1) is 0 Å². The number of esters is 1. The predicted molar refractivity (Wildman–Crippen MR) is 138 cm³/mol. The lowest BCUT2D eigenvalue weighted by molar-refractivity contribution is -1.05. The molecule has 0 aromatic heterocycles. The van der Waals surface area contributed by atoms with E-state index in [1.54, 1.807) is 0 Å². The Morgan fingerprint density at radius 1 is 0.833 bits per heavy atom. The highest BCUT2D eigenvalue weighted by Crippen LogP contribution is 2.73. The fourth-order valence-electron chi connectivity index (χ4n) is 8.28. The Morgan fingerprint density at radius 3 is 1.94 bits per heavy atom. The zero-order chi connectivity index (χ0) is 24.2. The molecule has 36 heavy (non-hydrogen) atoms. The average molecular weight is 481 g/mol. The lowest BCUT2D eigenvalue weighted by Crippen LogP contribution is -2.94. The number of carbonyl (C=O) groups is 1. The molecule has 2 spiro atoms. The molecule has 4 heteroatoms. The first-order valence-corrected chi connectivity index (χ1v) is 13.6. The Hall–Kier alpha value is -2.95. The molecule has 3 aromatic carbocycles. The number of nitrogens with zero attached hydrogens (tertiary/aromatic N) is 1. The number of ether oxygens (including phenoxy) is 2. The standard InChI is InChI=1S/C32H34NO3/c34-30(36-29-22-28-31(29)19-18-27(31)33(28)20-10-11-21-33)32(25-14-6-2-7-15-25,26-16-8-3-9-17-26)35-23-24-12-4-1-5-13-24/h1-9,12-17,27-29H,10-11,18-23H2/q+1. The van der Waals surface area contributed by atoms with Crippen LogP contribution in [0.2, 0.25) is 0 Å². The first kappa shape index (κ1) is 22.3. The Labute approximate surface area is 213 Å². The molecule has 2 saturated heterocycles. The van der Waals surface area contributed by atoms with Gasteiger partial charge in [0.25, 0.3) is 0 Å². The van der Waals surface area contributed by atoms with E-state index in [2.05, 4.69) is 0 Å². The van der Waals surface area contributed by atoms with Crippen molar-refractivity contribution in [3.63, 3.8) is 0 Å². The molecule has 2 saturated carbocycles. The normalized spacial score (nSPS) is 29.3. The molecule has 0 bridgehead atoms. The first-order valence-electron chi connectivity index (χ1n) is 13.6. The minimum atomic E-state index is -1.32. The molecular weight excluding hydrogens is 446 g/mol. The van der Waals surface area contributed by atoms with Crippen molar-refractivity contribution in [1.29, 1.82) is 0 Å². The maximum absolute atomic E-state index is 14.4. The van der Waals surface area contributed by atoms with Gasteiger partial charge in [-0.1, -0.05) is 91.0 Å². The summed E-state index contributed by atoms with van der Waals surface area (Å²) >= 11 is 0. The number of rotatable bonds is 7. The van der Waals surface area contributed by atoms with Gasteiger partial charge in [-0.3, -0.25) is 0 Å². The largest absolute Gasteiger partial charge is 0.458 e. The van der Waals surface area contributed by atoms with E-state index in [-0.39, 0.29) is 17.5 Å². The van der Waals surface area contributed by atoms with Crippen molar-refractivity contribution in [1.82, 2.24) is 0 Å². The van der Waals surface area contributed by atoms with Gasteiger partial charge in [0.2, 0.25) is 5.60 Å². The van der Waals surface area contributed by atoms with Crippen molar-refractivity contribution in [2.45, 2.75) is 62.5 Å². The Kier molecular flexibility index (Phi) is 5.13. The molecule has 2 aliphatic heterocycles. The van der Waals surface area contributed by atoms with Gasteiger partial charge in [-0.2, -0.15) is 0 Å². The summed E-state index contributed by atoms with van der Waals surface area (Å²) in [5, 5.41) is 0. The molecule has 0 amide bonds. The molecule has 0 N–H and O–H groups in total. The molecule has 4 atom stereocenters. The topological polar surface area (TPSA) is 35.5 Å². The van der Waals surface area contributed by atoms with E-state index >= 15 is 0 Å². The number of carbonyl (C=O) groups excluding carboxylic acids is 1. The van der Waals surface area contributed by atoms with Gasteiger partial charge >= 0.3 is 5.97 Å². The zero-order valence-electron chi connectivity index (χ0n) is 20.7. The molecule has 4 aliphatic rings. The van der Waals surface area contributed by atoms with Crippen molar-refractivity contribution in [2.24, 2.45) is 5.41 Å². The summed E-state index contributed by atoms with van der Waals surface area (Å²) in [5.41, 5.74) is 1.56. The van der Waals surface area contributed by atoms with Gasteiger partial charge in [-0.25, -0.2) is 4.79 Å². The molecule has 0 radical (unpaired) electrons. The highest BCUT2D eigenvalue weighted by Gasteiger charge is 2.86. The highest BCUT2D eigenvalue weighted by atomic mass is 16.6. The predicted octanol–water partition coefficient (Wildman–Crippen LogP) is 5.60. The lowest BCUT2D eigenvalue weighted by Gasteiger charge is -2.80. The Balaban J connectivity index is 1.23. The fraction of sp³-hybridized carbons (Fsp3) is 0.406. The molecule has 4 fully saturated rings. The van der Waals surface area contributed by atoms with Crippen LogP contribution < -0.4 is 0 Å². The van der Waals surface area contributed by atoms with E-state index in [4.69, 9.17) is 9.47 Å². The van der Waals surface area contributed by atoms with E-state index in [0.717, 1.165) is 23.1 Å². The maximum Gasteiger partial charge on any atom is 0.348 e. The second-order valence-electron chi connectivity index (χ2n) is 11.3. The minimum absolute atomic E-state index is 0.00484. The van der Waals surface area contributed by atoms with Crippen LogP contribution in [0.1, 0.15) is 48.8 Å². The van der Waals surface area contributed by atoms with Crippen molar-refractivity contribution < 1.29 is 18.8 Å². The van der Waals surface area contributed by atoms with Crippen molar-refractivity contribution in [2.75, 3.05) is 13.1 Å². The number of benzene rings is 3. The monoisotopic (exact) mass is 480 g/mol. The number of quaternary nitrogens is 1. The molecule has 4 unspecified atom stereocenters. The van der Waals surface area contributed by atoms with E-state index in [1.807, 2.05) is 91.0 Å². The van der Waals surface area contributed by atoms with Gasteiger partial charge in [-0.05, 0) is 23.1 Å². The van der Waals surface area contributed by atoms with Crippen LogP contribution in [-0.4, -0.2) is 41.7 Å². The first-order chi connectivity index (χ1) is 17.7. The third-order valence-corrected chi connectivity index (χ3v) is 9.96. The summed E-state index contributed by atoms with van der Waals surface area (Å²) in [7, 11) is 0. The van der Waals surface area contributed by atoms with Crippen LogP contribution in [0.15, 0.2) is 91.0 Å². The van der Waals surface area contributed by atoms with Gasteiger partial charge in [0.1, 0.15) is 23.6 Å². The minimum Gasteiger partial charge on any atom is -0.458 e. The fourth-order valence-corrected chi connectivity index (χ4v) is 8.28. The van der Waals surface area contributed by atoms with Crippen molar-refractivity contribution >= 4 is 5.97 Å². The molecule has 2 heterocycles. The van der Waals surface area contributed by atoms with Crippen LogP contribution >= 0.6 is 0 Å². The highest BCUT2D eigenvalue weighted by molar-refractivity contribution is 5.86. The summed E-state index contributed by atoms with van der Waals surface area (Å²) in [6.07, 6.45) is 6.20. The summed E-state index contributed by atoms with van der Waals surface area (Å²) in [4.78, 5) is 14.4. The number of hydrogen-bond donors (Lipinski definition) is 0. The van der Waals surface area contributed by atoms with E-state index in [1.165, 1.54) is 43.3 Å². The third kappa shape index (κ3) is 2.92. The van der Waals surface area contributed by atoms with Gasteiger partial charge in [0.15, 0.2) is 0 Å². The smallest absolute Gasteiger partial charge is 0.348 e. The quantitative estimate of drug-likeness (QED) is 0.326. The van der Waals surface area contributed by atoms with Crippen LogP contribution in [-0.2, 0) is 26.5 Å². The van der Waals surface area contributed by atoms with E-state index in [0.29, 0.717) is 18.7 Å². The summed E-state index contributed by atoms with van der Waals surface area (Å²) < 4.78 is 14.5. The average Bonchev–Trinajstić information content (AvgIpc) is 3.38. The van der Waals surface area contributed by atoms with Crippen LogP contribution in [0.5, 0.6) is 0 Å². The molecule has 184 valence electrons.